The van der Waals surface area contributed by atoms with E-state index in [4.69, 9.17) is 4.74 Å². The van der Waals surface area contributed by atoms with E-state index in [2.05, 4.69) is 20.4 Å². The Balaban J connectivity index is 2.65. The highest BCUT2D eigenvalue weighted by Crippen LogP contribution is 2.39. The zero-order valence-corrected chi connectivity index (χ0v) is 11.5. The topological polar surface area (TPSA) is 26.3 Å². The Hall–Kier alpha value is -0.790. The zero-order chi connectivity index (χ0) is 12.8. The molecule has 2 unspecified atom stereocenters. The van der Waals surface area contributed by atoms with Gasteiger partial charge in [0, 0.05) is 0 Å². The smallest absolute Gasteiger partial charge is 0.309 e. The second kappa shape index (κ2) is 6.83. The predicted octanol–water partition coefficient (Wildman–Crippen LogP) is 3.96. The third kappa shape index (κ3) is 3.86. The van der Waals surface area contributed by atoms with Crippen molar-refractivity contribution < 1.29 is 9.53 Å². The summed E-state index contributed by atoms with van der Waals surface area (Å²) < 4.78 is 4.94. The molecular weight excluding hydrogens is 212 g/mol. The minimum atomic E-state index is -0.0424. The normalized spacial score (nSPS) is 26.6. The second-order valence-electron chi connectivity index (χ2n) is 5.41. The summed E-state index contributed by atoms with van der Waals surface area (Å²) in [6.45, 7) is 8.53. The van der Waals surface area contributed by atoms with Crippen LogP contribution in [0.25, 0.3) is 0 Å². The van der Waals surface area contributed by atoms with Gasteiger partial charge in [0.1, 0.15) is 0 Å². The summed E-state index contributed by atoms with van der Waals surface area (Å²) in [5, 5.41) is 0. The van der Waals surface area contributed by atoms with E-state index in [0.29, 0.717) is 11.8 Å². The molecule has 3 atom stereocenters. The molecule has 1 aliphatic carbocycles. The Morgan fingerprint density at radius 2 is 2.29 bits per heavy atom. The van der Waals surface area contributed by atoms with Gasteiger partial charge in [-0.15, -0.1) is 0 Å². The van der Waals surface area contributed by atoms with Crippen molar-refractivity contribution in [3.05, 3.63) is 12.2 Å². The molecule has 0 radical (unpaired) electrons. The van der Waals surface area contributed by atoms with Gasteiger partial charge in [-0.2, -0.15) is 0 Å². The lowest BCUT2D eigenvalue weighted by Crippen LogP contribution is -2.33. The Labute approximate surface area is 105 Å². The van der Waals surface area contributed by atoms with Gasteiger partial charge >= 0.3 is 5.97 Å². The number of carbonyl (C=O) groups excluding carboxylic acids is 1. The summed E-state index contributed by atoms with van der Waals surface area (Å²) in [7, 11) is 1.49. The van der Waals surface area contributed by atoms with E-state index < -0.39 is 0 Å². The Morgan fingerprint density at radius 3 is 2.88 bits per heavy atom. The number of unbranched alkanes of at least 4 members (excludes halogenated alkanes) is 1. The first-order valence-corrected chi connectivity index (χ1v) is 6.84. The van der Waals surface area contributed by atoms with Crippen LogP contribution in [0.1, 0.15) is 52.4 Å². The van der Waals surface area contributed by atoms with Gasteiger partial charge in [0.15, 0.2) is 0 Å². The van der Waals surface area contributed by atoms with Gasteiger partial charge in [0.05, 0.1) is 13.0 Å². The fraction of sp³-hybridized carbons (Fsp3) is 0.800. The molecule has 0 aliphatic heterocycles. The van der Waals surface area contributed by atoms with Crippen LogP contribution in [-0.4, -0.2) is 13.1 Å². The highest BCUT2D eigenvalue weighted by molar-refractivity contribution is 5.73. The van der Waals surface area contributed by atoms with Crippen molar-refractivity contribution in [1.82, 2.24) is 0 Å². The van der Waals surface area contributed by atoms with Crippen LogP contribution in [0.15, 0.2) is 12.2 Å². The van der Waals surface area contributed by atoms with Gasteiger partial charge in [-0.1, -0.05) is 45.3 Å². The average Bonchev–Trinajstić information content (AvgIpc) is 2.34. The number of methoxy groups -OCH3 is 1. The second-order valence-corrected chi connectivity index (χ2v) is 5.41. The third-order valence-corrected chi connectivity index (χ3v) is 4.10. The standard InChI is InChI=1S/C15H26O2/c1-5-6-7-12(3)13-9-8-11(2)10-14(13)15(16)17-4/h12-14H,2,5-10H2,1,3-4H3/t12-,13?,14?/m1/s1. The molecule has 0 spiro atoms. The molecule has 0 bridgehead atoms. The van der Waals surface area contributed by atoms with Crippen molar-refractivity contribution in [3.63, 3.8) is 0 Å². The monoisotopic (exact) mass is 238 g/mol. The summed E-state index contributed by atoms with van der Waals surface area (Å²) in [6.07, 6.45) is 6.71. The Kier molecular flexibility index (Phi) is 5.73. The zero-order valence-electron chi connectivity index (χ0n) is 11.5. The lowest BCUT2D eigenvalue weighted by atomic mass is 9.70. The summed E-state index contributed by atoms with van der Waals surface area (Å²) in [4.78, 5) is 11.8. The SMILES string of the molecule is C=C1CCC([C@H](C)CCCC)C(C(=O)OC)C1. The molecule has 2 heteroatoms. The number of ether oxygens (including phenoxy) is 1. The highest BCUT2D eigenvalue weighted by atomic mass is 16.5. The van der Waals surface area contributed by atoms with E-state index in [1.165, 1.54) is 31.9 Å². The lowest BCUT2D eigenvalue weighted by molar-refractivity contribution is -0.149. The molecule has 0 saturated heterocycles. The first-order valence-electron chi connectivity index (χ1n) is 6.84. The molecule has 0 N–H and O–H groups in total. The molecule has 0 amide bonds. The van der Waals surface area contributed by atoms with Crippen molar-refractivity contribution >= 4 is 5.97 Å². The molecule has 1 aliphatic rings. The first-order chi connectivity index (χ1) is 8.10. The molecule has 0 aromatic heterocycles. The highest BCUT2D eigenvalue weighted by Gasteiger charge is 2.35. The van der Waals surface area contributed by atoms with Crippen LogP contribution in [0.3, 0.4) is 0 Å². The van der Waals surface area contributed by atoms with Crippen LogP contribution < -0.4 is 0 Å². The fourth-order valence-corrected chi connectivity index (χ4v) is 2.97. The fourth-order valence-electron chi connectivity index (χ4n) is 2.97. The van der Waals surface area contributed by atoms with Crippen molar-refractivity contribution in [2.45, 2.75) is 52.4 Å². The number of rotatable bonds is 5. The number of esters is 1. The van der Waals surface area contributed by atoms with E-state index in [-0.39, 0.29) is 11.9 Å². The van der Waals surface area contributed by atoms with Crippen LogP contribution in [0, 0.1) is 17.8 Å². The van der Waals surface area contributed by atoms with Gasteiger partial charge in [0.2, 0.25) is 0 Å². The minimum Gasteiger partial charge on any atom is -0.469 e. The maximum absolute atomic E-state index is 11.8. The number of allylic oxidation sites excluding steroid dienone is 1. The van der Waals surface area contributed by atoms with Crippen LogP contribution in [-0.2, 0) is 9.53 Å². The molecule has 98 valence electrons. The molecule has 0 aromatic rings. The Bertz CT molecular complexity index is 270. The van der Waals surface area contributed by atoms with Crippen molar-refractivity contribution in [2.24, 2.45) is 17.8 Å². The molecule has 2 nitrogen and oxygen atoms in total. The average molecular weight is 238 g/mol. The minimum absolute atomic E-state index is 0.0424. The lowest BCUT2D eigenvalue weighted by Gasteiger charge is -2.35. The molecule has 0 aromatic carbocycles. The number of hydrogen-bond acceptors (Lipinski definition) is 2. The molecule has 17 heavy (non-hydrogen) atoms. The summed E-state index contributed by atoms with van der Waals surface area (Å²) in [5.74, 6) is 1.11. The van der Waals surface area contributed by atoms with Crippen LogP contribution in [0.4, 0.5) is 0 Å². The van der Waals surface area contributed by atoms with Crippen LogP contribution in [0.5, 0.6) is 0 Å². The van der Waals surface area contributed by atoms with Gasteiger partial charge < -0.3 is 4.74 Å². The van der Waals surface area contributed by atoms with Gasteiger partial charge in [-0.25, -0.2) is 0 Å². The first kappa shape index (κ1) is 14.3. The van der Waals surface area contributed by atoms with E-state index in [1.807, 2.05) is 0 Å². The van der Waals surface area contributed by atoms with Crippen molar-refractivity contribution in [1.29, 1.82) is 0 Å². The molecule has 1 fully saturated rings. The van der Waals surface area contributed by atoms with E-state index in [0.717, 1.165) is 19.3 Å². The third-order valence-electron chi connectivity index (χ3n) is 4.10. The maximum Gasteiger partial charge on any atom is 0.309 e. The summed E-state index contributed by atoms with van der Waals surface area (Å²) in [6, 6.07) is 0. The molecule has 0 heterocycles. The van der Waals surface area contributed by atoms with E-state index in [1.54, 1.807) is 0 Å². The molecule has 1 rings (SSSR count). The Morgan fingerprint density at radius 1 is 1.59 bits per heavy atom. The number of carbonyl (C=O) groups is 1. The summed E-state index contributed by atoms with van der Waals surface area (Å²) in [5.41, 5.74) is 1.21. The van der Waals surface area contributed by atoms with Gasteiger partial charge in [-0.05, 0) is 31.1 Å². The molecule has 1 saturated carbocycles. The molecular formula is C15H26O2. The van der Waals surface area contributed by atoms with E-state index in [9.17, 15) is 4.79 Å². The quantitative estimate of drug-likeness (QED) is 0.535. The van der Waals surface area contributed by atoms with Gasteiger partial charge in [0.25, 0.3) is 0 Å². The van der Waals surface area contributed by atoms with Crippen LogP contribution in [0.2, 0.25) is 0 Å². The largest absolute Gasteiger partial charge is 0.469 e. The van der Waals surface area contributed by atoms with Gasteiger partial charge in [-0.3, -0.25) is 4.79 Å². The number of hydrogen-bond donors (Lipinski definition) is 0. The van der Waals surface area contributed by atoms with Crippen LogP contribution >= 0.6 is 0 Å². The predicted molar refractivity (Wildman–Crippen MR) is 70.7 cm³/mol. The maximum atomic E-state index is 11.8. The van der Waals surface area contributed by atoms with Crippen molar-refractivity contribution in [2.75, 3.05) is 7.11 Å². The summed E-state index contributed by atoms with van der Waals surface area (Å²) >= 11 is 0. The van der Waals surface area contributed by atoms with Crippen molar-refractivity contribution in [3.8, 4) is 0 Å². The van der Waals surface area contributed by atoms with E-state index >= 15 is 0 Å².